The Balaban J connectivity index is 1.58. The summed E-state index contributed by atoms with van der Waals surface area (Å²) in [4.78, 5) is 17.2. The minimum Gasteiger partial charge on any atom is -0.484 e. The number of fused-ring (bicyclic) bond motifs is 1. The van der Waals surface area contributed by atoms with Gasteiger partial charge in [0.2, 0.25) is 0 Å². The summed E-state index contributed by atoms with van der Waals surface area (Å²) in [7, 11) is 0. The van der Waals surface area contributed by atoms with Gasteiger partial charge in [-0.2, -0.15) is 5.10 Å². The van der Waals surface area contributed by atoms with Crippen LogP contribution in [0.15, 0.2) is 54.6 Å². The molecule has 4 rings (SSSR count). The standard InChI is InChI=1S/C26H31ClN4O2/c1-3-14-29-15-13-25-23(17-29)24(28-31(25)21-10-8-9-20(27)16-21)18-30(4-2)26(32)19-33-22-11-6-5-7-12-22/h5-12,16H,3-4,13-15,17-19H2,1-2H3. The third-order valence-electron chi connectivity index (χ3n) is 5.99. The van der Waals surface area contributed by atoms with Crippen LogP contribution >= 0.6 is 11.6 Å². The summed E-state index contributed by atoms with van der Waals surface area (Å²) in [6.07, 6.45) is 2.04. The van der Waals surface area contributed by atoms with Crippen molar-refractivity contribution in [2.45, 2.75) is 39.8 Å². The summed E-state index contributed by atoms with van der Waals surface area (Å²) in [6.45, 7) is 8.18. The van der Waals surface area contributed by atoms with Gasteiger partial charge < -0.3 is 9.64 Å². The average Bonchev–Trinajstić information content (AvgIpc) is 3.19. The Kier molecular flexibility index (Phi) is 7.68. The monoisotopic (exact) mass is 466 g/mol. The zero-order valence-corrected chi connectivity index (χ0v) is 20.1. The molecule has 6 nitrogen and oxygen atoms in total. The molecule has 0 aliphatic carbocycles. The van der Waals surface area contributed by atoms with Crippen molar-refractivity contribution in [3.63, 3.8) is 0 Å². The van der Waals surface area contributed by atoms with Gasteiger partial charge in [0, 0.05) is 36.6 Å². The Morgan fingerprint density at radius 1 is 1.15 bits per heavy atom. The van der Waals surface area contributed by atoms with Gasteiger partial charge in [-0.15, -0.1) is 0 Å². The van der Waals surface area contributed by atoms with Crippen LogP contribution in [0.5, 0.6) is 5.75 Å². The van der Waals surface area contributed by atoms with Gasteiger partial charge >= 0.3 is 0 Å². The first-order valence-electron chi connectivity index (χ1n) is 11.6. The second-order valence-corrected chi connectivity index (χ2v) is 8.74. The molecule has 0 spiro atoms. The number of hydrogen-bond acceptors (Lipinski definition) is 4. The van der Waals surface area contributed by atoms with E-state index in [0.29, 0.717) is 23.9 Å². The third kappa shape index (κ3) is 5.57. The number of para-hydroxylation sites is 1. The molecule has 1 aromatic heterocycles. The van der Waals surface area contributed by atoms with Gasteiger partial charge in [0.15, 0.2) is 6.61 Å². The largest absolute Gasteiger partial charge is 0.484 e. The van der Waals surface area contributed by atoms with Gasteiger partial charge in [0.05, 0.1) is 23.6 Å². The van der Waals surface area contributed by atoms with Crippen molar-refractivity contribution in [3.8, 4) is 11.4 Å². The van der Waals surface area contributed by atoms with Gasteiger partial charge in [0.1, 0.15) is 5.75 Å². The number of aromatic nitrogens is 2. The van der Waals surface area contributed by atoms with Crippen molar-refractivity contribution < 1.29 is 9.53 Å². The summed E-state index contributed by atoms with van der Waals surface area (Å²) >= 11 is 6.27. The van der Waals surface area contributed by atoms with E-state index in [1.165, 1.54) is 11.3 Å². The van der Waals surface area contributed by atoms with E-state index in [2.05, 4.69) is 11.8 Å². The van der Waals surface area contributed by atoms with Crippen LogP contribution in [-0.2, 0) is 24.3 Å². The molecule has 0 unspecified atom stereocenters. The molecule has 1 amide bonds. The Morgan fingerprint density at radius 2 is 1.97 bits per heavy atom. The Morgan fingerprint density at radius 3 is 2.70 bits per heavy atom. The zero-order valence-electron chi connectivity index (χ0n) is 19.3. The molecule has 2 aromatic carbocycles. The van der Waals surface area contributed by atoms with E-state index in [1.54, 1.807) is 0 Å². The maximum absolute atomic E-state index is 12.9. The molecule has 2 heterocycles. The van der Waals surface area contributed by atoms with Gasteiger partial charge in [-0.05, 0) is 50.2 Å². The van der Waals surface area contributed by atoms with E-state index >= 15 is 0 Å². The maximum Gasteiger partial charge on any atom is 0.260 e. The fourth-order valence-electron chi connectivity index (χ4n) is 4.31. The number of halogens is 1. The lowest BCUT2D eigenvalue weighted by molar-refractivity contribution is -0.133. The number of hydrogen-bond donors (Lipinski definition) is 0. The van der Waals surface area contributed by atoms with E-state index in [1.807, 2.05) is 71.1 Å². The summed E-state index contributed by atoms with van der Waals surface area (Å²) in [5.74, 6) is 0.647. The second kappa shape index (κ2) is 10.9. The SMILES string of the molecule is CCCN1CCc2c(c(CN(CC)C(=O)COc3ccccc3)nn2-c2cccc(Cl)c2)C1. The smallest absolute Gasteiger partial charge is 0.260 e. The molecule has 0 bridgehead atoms. The van der Waals surface area contributed by atoms with Crippen LogP contribution < -0.4 is 4.74 Å². The molecular formula is C26H31ClN4O2. The molecule has 1 aliphatic heterocycles. The first kappa shape index (κ1) is 23.3. The number of amides is 1. The number of benzene rings is 2. The first-order chi connectivity index (χ1) is 16.1. The molecule has 0 radical (unpaired) electrons. The highest BCUT2D eigenvalue weighted by Gasteiger charge is 2.27. The van der Waals surface area contributed by atoms with Crippen LogP contribution in [0.4, 0.5) is 0 Å². The predicted octanol–water partition coefficient (Wildman–Crippen LogP) is 4.72. The summed E-state index contributed by atoms with van der Waals surface area (Å²) in [5.41, 5.74) is 4.34. The molecule has 0 fully saturated rings. The fourth-order valence-corrected chi connectivity index (χ4v) is 4.49. The average molecular weight is 467 g/mol. The number of rotatable bonds is 9. The highest BCUT2D eigenvalue weighted by atomic mass is 35.5. The van der Waals surface area contributed by atoms with Crippen molar-refractivity contribution in [2.75, 3.05) is 26.2 Å². The summed E-state index contributed by atoms with van der Waals surface area (Å²) < 4.78 is 7.71. The molecule has 0 atom stereocenters. The molecule has 0 N–H and O–H groups in total. The number of likely N-dealkylation sites (N-methyl/N-ethyl adjacent to an activating group) is 1. The highest BCUT2D eigenvalue weighted by Crippen LogP contribution is 2.27. The maximum atomic E-state index is 12.9. The topological polar surface area (TPSA) is 50.6 Å². The zero-order chi connectivity index (χ0) is 23.2. The molecule has 174 valence electrons. The molecule has 0 saturated carbocycles. The molecule has 1 aliphatic rings. The minimum absolute atomic E-state index is 0.0109. The minimum atomic E-state index is -0.0476. The van der Waals surface area contributed by atoms with Crippen LogP contribution in [-0.4, -0.2) is 51.7 Å². The summed E-state index contributed by atoms with van der Waals surface area (Å²) in [5, 5.41) is 5.67. The predicted molar refractivity (Wildman–Crippen MR) is 131 cm³/mol. The molecular weight excluding hydrogens is 436 g/mol. The molecule has 33 heavy (non-hydrogen) atoms. The van der Waals surface area contributed by atoms with Crippen molar-refractivity contribution in [2.24, 2.45) is 0 Å². The van der Waals surface area contributed by atoms with Crippen molar-refractivity contribution in [1.82, 2.24) is 19.6 Å². The van der Waals surface area contributed by atoms with Crippen molar-refractivity contribution in [3.05, 3.63) is 76.6 Å². The van der Waals surface area contributed by atoms with E-state index in [-0.39, 0.29) is 12.5 Å². The van der Waals surface area contributed by atoms with Crippen LogP contribution in [0.2, 0.25) is 5.02 Å². The van der Waals surface area contributed by atoms with E-state index in [4.69, 9.17) is 21.4 Å². The van der Waals surface area contributed by atoms with Crippen LogP contribution in [0.25, 0.3) is 5.69 Å². The van der Waals surface area contributed by atoms with Gasteiger partial charge in [-0.25, -0.2) is 4.68 Å². The molecule has 3 aromatic rings. The molecule has 7 heteroatoms. The normalized spacial score (nSPS) is 13.5. The number of carbonyl (C=O) groups is 1. The lowest BCUT2D eigenvalue weighted by atomic mass is 10.0. The second-order valence-electron chi connectivity index (χ2n) is 8.30. The number of ether oxygens (including phenoxy) is 1. The van der Waals surface area contributed by atoms with E-state index in [9.17, 15) is 4.79 Å². The van der Waals surface area contributed by atoms with Crippen LogP contribution in [0.1, 0.15) is 37.2 Å². The Labute approximate surface area is 200 Å². The third-order valence-corrected chi connectivity index (χ3v) is 6.23. The number of carbonyl (C=O) groups excluding carboxylic acids is 1. The summed E-state index contributed by atoms with van der Waals surface area (Å²) in [6, 6.07) is 17.2. The Hall–Kier alpha value is -2.83. The quantitative estimate of drug-likeness (QED) is 0.458. The van der Waals surface area contributed by atoms with Gasteiger partial charge in [-0.1, -0.05) is 42.8 Å². The number of nitrogens with zero attached hydrogens (tertiary/aromatic N) is 4. The van der Waals surface area contributed by atoms with E-state index < -0.39 is 0 Å². The first-order valence-corrected chi connectivity index (χ1v) is 12.0. The van der Waals surface area contributed by atoms with Crippen molar-refractivity contribution >= 4 is 17.5 Å². The Bertz CT molecular complexity index is 1080. The van der Waals surface area contributed by atoms with Gasteiger partial charge in [0.25, 0.3) is 5.91 Å². The fraction of sp³-hybridized carbons (Fsp3) is 0.385. The van der Waals surface area contributed by atoms with E-state index in [0.717, 1.165) is 43.9 Å². The molecule has 0 saturated heterocycles. The lowest BCUT2D eigenvalue weighted by Crippen LogP contribution is -2.35. The van der Waals surface area contributed by atoms with Gasteiger partial charge in [-0.3, -0.25) is 9.69 Å². The highest BCUT2D eigenvalue weighted by molar-refractivity contribution is 6.30. The lowest BCUT2D eigenvalue weighted by Gasteiger charge is -2.28. The van der Waals surface area contributed by atoms with Crippen molar-refractivity contribution in [1.29, 1.82) is 0 Å². The van der Waals surface area contributed by atoms with Crippen LogP contribution in [0.3, 0.4) is 0 Å². The van der Waals surface area contributed by atoms with Crippen LogP contribution in [0, 0.1) is 0 Å².